The summed E-state index contributed by atoms with van der Waals surface area (Å²) in [6, 6.07) is 2.77. The molecule has 0 saturated heterocycles. The van der Waals surface area contributed by atoms with Gasteiger partial charge in [-0.15, -0.1) is 0 Å². The van der Waals surface area contributed by atoms with E-state index in [1.807, 2.05) is 6.92 Å². The molecule has 0 bridgehead atoms. The highest BCUT2D eigenvalue weighted by atomic mass is 16.4. The Balaban J connectivity index is 2.52. The zero-order chi connectivity index (χ0) is 11.3. The van der Waals surface area contributed by atoms with E-state index in [0.29, 0.717) is 6.42 Å². The predicted octanol–water partition coefficient (Wildman–Crippen LogP) is 1.26. The highest BCUT2D eigenvalue weighted by Crippen LogP contribution is 2.03. The molecule has 0 spiro atoms. The third kappa shape index (κ3) is 3.46. The second-order valence-corrected chi connectivity index (χ2v) is 3.15. The molecule has 0 aliphatic heterocycles. The van der Waals surface area contributed by atoms with Gasteiger partial charge in [-0.3, -0.25) is 9.59 Å². The molecule has 82 valence electrons. The van der Waals surface area contributed by atoms with Crippen molar-refractivity contribution in [2.75, 3.05) is 0 Å². The smallest absolute Gasteiger partial charge is 0.305 e. The summed E-state index contributed by atoms with van der Waals surface area (Å²) >= 11 is 0. The van der Waals surface area contributed by atoms with E-state index >= 15 is 0 Å². The topological polar surface area (TPSA) is 79.5 Å². The summed E-state index contributed by atoms with van der Waals surface area (Å²) in [5, 5.41) is 11.2. The van der Waals surface area contributed by atoms with E-state index in [2.05, 4.69) is 5.32 Å². The van der Waals surface area contributed by atoms with Crippen LogP contribution in [0, 0.1) is 0 Å². The molecule has 5 nitrogen and oxygen atoms in total. The fraction of sp³-hybridized carbons (Fsp3) is 0.400. The normalized spacial score (nSPS) is 12.1. The van der Waals surface area contributed by atoms with E-state index in [0.717, 1.165) is 0 Å². The molecule has 0 aliphatic rings. The predicted molar refractivity (Wildman–Crippen MR) is 52.5 cm³/mol. The lowest BCUT2D eigenvalue weighted by Crippen LogP contribution is -2.35. The number of carboxylic acid groups (broad SMARTS) is 1. The minimum Gasteiger partial charge on any atom is -0.481 e. The van der Waals surface area contributed by atoms with Crippen molar-refractivity contribution >= 4 is 11.9 Å². The van der Waals surface area contributed by atoms with Gasteiger partial charge < -0.3 is 14.8 Å². The summed E-state index contributed by atoms with van der Waals surface area (Å²) in [7, 11) is 0. The second kappa shape index (κ2) is 5.19. The first kappa shape index (κ1) is 11.3. The molecule has 1 rings (SSSR count). The Hall–Kier alpha value is -1.78. The van der Waals surface area contributed by atoms with Crippen LogP contribution < -0.4 is 5.32 Å². The van der Waals surface area contributed by atoms with Gasteiger partial charge in [-0.25, -0.2) is 0 Å². The van der Waals surface area contributed by atoms with E-state index in [-0.39, 0.29) is 24.1 Å². The Kier molecular flexibility index (Phi) is 3.91. The van der Waals surface area contributed by atoms with E-state index < -0.39 is 5.97 Å². The van der Waals surface area contributed by atoms with E-state index in [1.165, 1.54) is 12.3 Å². The largest absolute Gasteiger partial charge is 0.481 e. The third-order valence-corrected chi connectivity index (χ3v) is 1.99. The Morgan fingerprint density at radius 1 is 1.60 bits per heavy atom. The Labute approximate surface area is 87.1 Å². The molecule has 1 atom stereocenters. The Morgan fingerprint density at radius 2 is 2.33 bits per heavy atom. The summed E-state index contributed by atoms with van der Waals surface area (Å²) < 4.78 is 4.89. The lowest BCUT2D eigenvalue weighted by Gasteiger charge is -2.13. The lowest BCUT2D eigenvalue weighted by molar-refractivity contribution is -0.137. The summed E-state index contributed by atoms with van der Waals surface area (Å²) in [5.41, 5.74) is 0. The van der Waals surface area contributed by atoms with Crippen LogP contribution in [0.15, 0.2) is 22.8 Å². The maximum absolute atomic E-state index is 11.5. The van der Waals surface area contributed by atoms with Crippen molar-refractivity contribution in [1.29, 1.82) is 0 Å². The van der Waals surface area contributed by atoms with Gasteiger partial charge in [0.2, 0.25) is 0 Å². The van der Waals surface area contributed by atoms with Gasteiger partial charge in [0.15, 0.2) is 5.76 Å². The molecule has 1 aromatic heterocycles. The van der Waals surface area contributed by atoms with Crippen LogP contribution in [0.3, 0.4) is 0 Å². The number of aliphatic carboxylic acids is 1. The average molecular weight is 211 g/mol. The molecule has 0 fully saturated rings. The molecule has 1 heterocycles. The molecule has 0 aromatic carbocycles. The molecule has 5 heteroatoms. The molecule has 1 unspecified atom stereocenters. The quantitative estimate of drug-likeness (QED) is 0.768. The molecule has 1 aromatic rings. The molecular weight excluding hydrogens is 198 g/mol. The van der Waals surface area contributed by atoms with Gasteiger partial charge in [0.1, 0.15) is 0 Å². The minimum absolute atomic E-state index is 0.0804. The summed E-state index contributed by atoms with van der Waals surface area (Å²) in [6.07, 6.45) is 1.88. The maximum atomic E-state index is 11.5. The third-order valence-electron chi connectivity index (χ3n) is 1.99. The van der Waals surface area contributed by atoms with Crippen molar-refractivity contribution in [2.45, 2.75) is 25.8 Å². The van der Waals surface area contributed by atoms with Gasteiger partial charge >= 0.3 is 5.97 Å². The fourth-order valence-electron chi connectivity index (χ4n) is 1.17. The molecule has 2 N–H and O–H groups in total. The van der Waals surface area contributed by atoms with Crippen LogP contribution in [0.1, 0.15) is 30.3 Å². The number of carbonyl (C=O) groups is 2. The number of nitrogens with one attached hydrogen (secondary N) is 1. The standard InChI is InChI=1S/C10H13NO4/c1-2-7(6-9(12)13)11-10(14)8-4-3-5-15-8/h3-5,7H,2,6H2,1H3,(H,11,14)(H,12,13). The summed E-state index contributed by atoms with van der Waals surface area (Å²) in [4.78, 5) is 21.9. The number of amides is 1. The molecule has 0 saturated carbocycles. The molecule has 0 aliphatic carbocycles. The monoisotopic (exact) mass is 211 g/mol. The average Bonchev–Trinajstić information content (AvgIpc) is 2.68. The van der Waals surface area contributed by atoms with Crippen molar-refractivity contribution in [3.8, 4) is 0 Å². The number of hydrogen-bond donors (Lipinski definition) is 2. The van der Waals surface area contributed by atoms with Crippen LogP contribution in [0.2, 0.25) is 0 Å². The molecular formula is C10H13NO4. The number of hydrogen-bond acceptors (Lipinski definition) is 3. The van der Waals surface area contributed by atoms with Crippen LogP contribution in [0.25, 0.3) is 0 Å². The van der Waals surface area contributed by atoms with Crippen molar-refractivity contribution in [3.63, 3.8) is 0 Å². The minimum atomic E-state index is -0.929. The first-order valence-electron chi connectivity index (χ1n) is 4.69. The van der Waals surface area contributed by atoms with Gasteiger partial charge in [0.25, 0.3) is 5.91 Å². The van der Waals surface area contributed by atoms with Crippen LogP contribution in [0.4, 0.5) is 0 Å². The second-order valence-electron chi connectivity index (χ2n) is 3.15. The highest BCUT2D eigenvalue weighted by molar-refractivity contribution is 5.91. The fourth-order valence-corrected chi connectivity index (χ4v) is 1.17. The number of carbonyl (C=O) groups excluding carboxylic acids is 1. The van der Waals surface area contributed by atoms with E-state index in [9.17, 15) is 9.59 Å². The van der Waals surface area contributed by atoms with Crippen LogP contribution >= 0.6 is 0 Å². The van der Waals surface area contributed by atoms with Gasteiger partial charge in [-0.1, -0.05) is 6.92 Å². The highest BCUT2D eigenvalue weighted by Gasteiger charge is 2.16. The van der Waals surface area contributed by atoms with Crippen molar-refractivity contribution in [3.05, 3.63) is 24.2 Å². The van der Waals surface area contributed by atoms with Gasteiger partial charge in [-0.05, 0) is 18.6 Å². The van der Waals surface area contributed by atoms with Crippen molar-refractivity contribution < 1.29 is 19.1 Å². The molecule has 0 radical (unpaired) electrons. The first-order chi connectivity index (χ1) is 7.13. The summed E-state index contributed by atoms with van der Waals surface area (Å²) in [6.45, 7) is 1.82. The summed E-state index contributed by atoms with van der Waals surface area (Å²) in [5.74, 6) is -1.12. The number of rotatable bonds is 5. The van der Waals surface area contributed by atoms with Crippen LogP contribution in [-0.4, -0.2) is 23.0 Å². The molecule has 1 amide bonds. The van der Waals surface area contributed by atoms with E-state index in [4.69, 9.17) is 9.52 Å². The van der Waals surface area contributed by atoms with Gasteiger partial charge in [-0.2, -0.15) is 0 Å². The van der Waals surface area contributed by atoms with Crippen molar-refractivity contribution in [1.82, 2.24) is 5.32 Å². The van der Waals surface area contributed by atoms with Crippen molar-refractivity contribution in [2.24, 2.45) is 0 Å². The lowest BCUT2D eigenvalue weighted by atomic mass is 10.1. The van der Waals surface area contributed by atoms with Crippen LogP contribution in [0.5, 0.6) is 0 Å². The number of carboxylic acids is 1. The first-order valence-corrected chi connectivity index (χ1v) is 4.69. The van der Waals surface area contributed by atoms with Crippen LogP contribution in [-0.2, 0) is 4.79 Å². The SMILES string of the molecule is CCC(CC(=O)O)NC(=O)c1ccco1. The zero-order valence-electron chi connectivity index (χ0n) is 8.40. The van der Waals surface area contributed by atoms with Gasteiger partial charge in [0.05, 0.1) is 12.7 Å². The number of furan rings is 1. The van der Waals surface area contributed by atoms with E-state index in [1.54, 1.807) is 6.07 Å². The Bertz CT molecular complexity index is 331. The zero-order valence-corrected chi connectivity index (χ0v) is 8.40. The Morgan fingerprint density at radius 3 is 2.80 bits per heavy atom. The van der Waals surface area contributed by atoms with Gasteiger partial charge in [0, 0.05) is 6.04 Å². The molecule has 15 heavy (non-hydrogen) atoms. The maximum Gasteiger partial charge on any atom is 0.305 e.